The summed E-state index contributed by atoms with van der Waals surface area (Å²) in [5.74, 6) is -0.0301. The number of ketones is 1. The molecule has 4 aromatic heterocycles. The molecule has 4 aromatic rings. The molecule has 7 heteroatoms. The van der Waals surface area contributed by atoms with Crippen molar-refractivity contribution in [2.45, 2.75) is 13.8 Å². The summed E-state index contributed by atoms with van der Waals surface area (Å²) in [5.41, 5.74) is 1.16. The number of carbonyl (C=O) groups is 1. The van der Waals surface area contributed by atoms with Crippen LogP contribution in [0.3, 0.4) is 0 Å². The van der Waals surface area contributed by atoms with E-state index in [1.165, 1.54) is 14.6 Å². The first kappa shape index (κ1) is 14.7. The second-order valence-corrected chi connectivity index (χ2v) is 10.1. The number of aryl methyl sites for hydroxylation is 2. The molecule has 0 bridgehead atoms. The zero-order valence-corrected chi connectivity index (χ0v) is 16.0. The fraction of sp³-hybridized carbons (Fsp3) is 0.118. The number of hydrogen-bond acceptors (Lipinski definition) is 7. The first-order chi connectivity index (χ1) is 11.6. The van der Waals surface area contributed by atoms with E-state index in [-0.39, 0.29) is 5.78 Å². The van der Waals surface area contributed by atoms with Crippen molar-refractivity contribution in [2.24, 2.45) is 0 Å². The topological polar surface area (TPSA) is 42.9 Å². The Balaban J connectivity index is 1.58. The molecule has 0 amide bonds. The van der Waals surface area contributed by atoms with Gasteiger partial charge in [0.25, 0.3) is 0 Å². The van der Waals surface area contributed by atoms with Crippen molar-refractivity contribution in [3.63, 3.8) is 0 Å². The number of rotatable bonds is 2. The van der Waals surface area contributed by atoms with Crippen LogP contribution in [0.4, 0.5) is 0 Å². The molecule has 118 valence electrons. The Bertz CT molecular complexity index is 1110. The molecule has 24 heavy (non-hydrogen) atoms. The molecule has 0 aliphatic heterocycles. The maximum atomic E-state index is 12.5. The van der Waals surface area contributed by atoms with Crippen molar-refractivity contribution in [1.29, 1.82) is 0 Å². The Labute approximate surface area is 154 Å². The Morgan fingerprint density at radius 2 is 1.42 bits per heavy atom. The van der Waals surface area contributed by atoms with Gasteiger partial charge in [-0.2, -0.15) is 0 Å². The standard InChI is InChI=1S/C17H10N2OS4/c1-7-3-4-9(21-7)10-5-6-11(23-10)17-19-13-14(20)12-15(16(13)24-17)22-8(2)18-12/h3-6H,1-2H3. The number of nitrogens with zero attached hydrogens (tertiary/aromatic N) is 2. The van der Waals surface area contributed by atoms with Crippen LogP contribution in [-0.2, 0) is 0 Å². The molecule has 1 aliphatic rings. The van der Waals surface area contributed by atoms with Crippen LogP contribution in [-0.4, -0.2) is 15.8 Å². The molecule has 0 saturated carbocycles. The fourth-order valence-corrected chi connectivity index (χ4v) is 6.86. The van der Waals surface area contributed by atoms with E-state index in [0.29, 0.717) is 11.4 Å². The molecule has 0 unspecified atom stereocenters. The number of thiazole rings is 2. The minimum Gasteiger partial charge on any atom is -0.285 e. The average Bonchev–Trinajstić information content (AvgIpc) is 3.31. The molecule has 0 fully saturated rings. The van der Waals surface area contributed by atoms with E-state index >= 15 is 0 Å². The number of hydrogen-bond donors (Lipinski definition) is 0. The summed E-state index contributed by atoms with van der Waals surface area (Å²) >= 11 is 6.71. The van der Waals surface area contributed by atoms with Crippen molar-refractivity contribution in [1.82, 2.24) is 9.97 Å². The molecule has 1 aliphatic carbocycles. The van der Waals surface area contributed by atoms with Crippen LogP contribution in [0.1, 0.15) is 26.1 Å². The van der Waals surface area contributed by atoms with Gasteiger partial charge in [-0.15, -0.1) is 45.3 Å². The van der Waals surface area contributed by atoms with Crippen molar-refractivity contribution in [3.05, 3.63) is 45.5 Å². The van der Waals surface area contributed by atoms with Crippen LogP contribution in [0.15, 0.2) is 24.3 Å². The number of thiophene rings is 2. The molecule has 0 aromatic carbocycles. The van der Waals surface area contributed by atoms with Gasteiger partial charge in [0.05, 0.1) is 19.6 Å². The quantitative estimate of drug-likeness (QED) is 0.380. The van der Waals surface area contributed by atoms with E-state index in [2.05, 4.69) is 41.2 Å². The van der Waals surface area contributed by atoms with Gasteiger partial charge in [-0.05, 0) is 38.1 Å². The predicted molar refractivity (Wildman–Crippen MR) is 103 cm³/mol. The van der Waals surface area contributed by atoms with E-state index in [4.69, 9.17) is 0 Å². The number of fused-ring (bicyclic) bond motifs is 3. The molecule has 0 spiro atoms. The highest BCUT2D eigenvalue weighted by molar-refractivity contribution is 7.28. The highest BCUT2D eigenvalue weighted by atomic mass is 32.1. The third-order valence-corrected chi connectivity index (χ3v) is 8.44. The van der Waals surface area contributed by atoms with Crippen molar-refractivity contribution >= 4 is 51.1 Å². The summed E-state index contributed by atoms with van der Waals surface area (Å²) in [6, 6.07) is 8.55. The average molecular weight is 387 g/mol. The first-order valence-electron chi connectivity index (χ1n) is 7.30. The monoisotopic (exact) mass is 386 g/mol. The molecule has 4 heterocycles. The fourth-order valence-electron chi connectivity index (χ4n) is 2.73. The maximum absolute atomic E-state index is 12.5. The zero-order chi connectivity index (χ0) is 16.4. The molecular weight excluding hydrogens is 376 g/mol. The lowest BCUT2D eigenvalue weighted by Gasteiger charge is -1.91. The summed E-state index contributed by atoms with van der Waals surface area (Å²) in [6.45, 7) is 4.06. The van der Waals surface area contributed by atoms with Gasteiger partial charge in [0.1, 0.15) is 16.4 Å². The molecule has 3 nitrogen and oxygen atoms in total. The van der Waals surface area contributed by atoms with Crippen LogP contribution < -0.4 is 0 Å². The molecule has 0 saturated heterocycles. The maximum Gasteiger partial charge on any atom is 0.232 e. The summed E-state index contributed by atoms with van der Waals surface area (Å²) < 4.78 is 0. The Morgan fingerprint density at radius 3 is 2.21 bits per heavy atom. The van der Waals surface area contributed by atoms with Crippen molar-refractivity contribution in [2.75, 3.05) is 0 Å². The predicted octanol–water partition coefficient (Wildman–Crippen LogP) is 5.88. The highest BCUT2D eigenvalue weighted by Gasteiger charge is 2.35. The van der Waals surface area contributed by atoms with Gasteiger partial charge in [-0.1, -0.05) is 0 Å². The van der Waals surface area contributed by atoms with Crippen LogP contribution in [0.25, 0.3) is 29.4 Å². The van der Waals surface area contributed by atoms with Gasteiger partial charge < -0.3 is 0 Å². The number of carbonyl (C=O) groups excluding carboxylic acids is 1. The van der Waals surface area contributed by atoms with Crippen molar-refractivity contribution in [3.8, 4) is 29.4 Å². The van der Waals surface area contributed by atoms with E-state index in [1.807, 2.05) is 6.92 Å². The lowest BCUT2D eigenvalue weighted by atomic mass is 10.3. The van der Waals surface area contributed by atoms with E-state index < -0.39 is 0 Å². The Kier molecular flexibility index (Phi) is 3.15. The molecule has 0 N–H and O–H groups in total. The largest absolute Gasteiger partial charge is 0.285 e. The third kappa shape index (κ3) is 2.09. The van der Waals surface area contributed by atoms with Gasteiger partial charge in [-0.3, -0.25) is 4.79 Å². The lowest BCUT2D eigenvalue weighted by Crippen LogP contribution is -1.98. The summed E-state index contributed by atoms with van der Waals surface area (Å²) in [7, 11) is 0. The smallest absolute Gasteiger partial charge is 0.232 e. The van der Waals surface area contributed by atoms with Crippen molar-refractivity contribution < 1.29 is 4.79 Å². The SMILES string of the molecule is Cc1ccc(-c2ccc(-c3nc4c(s3)-c3sc(C)nc3C4=O)s2)s1. The van der Waals surface area contributed by atoms with Gasteiger partial charge in [-0.25, -0.2) is 9.97 Å². The van der Waals surface area contributed by atoms with Crippen LogP contribution in [0.5, 0.6) is 0 Å². The van der Waals surface area contributed by atoms with E-state index in [0.717, 1.165) is 24.6 Å². The second-order valence-electron chi connectivity index (χ2n) is 5.51. The minimum atomic E-state index is -0.0301. The first-order valence-corrected chi connectivity index (χ1v) is 10.6. The normalized spacial score (nSPS) is 12.7. The summed E-state index contributed by atoms with van der Waals surface area (Å²) in [5, 5.41) is 1.86. The molecule has 0 atom stereocenters. The number of aromatic nitrogens is 2. The molecular formula is C17H10N2OS4. The van der Waals surface area contributed by atoms with E-state index in [9.17, 15) is 4.79 Å². The lowest BCUT2D eigenvalue weighted by molar-refractivity contribution is 0.103. The van der Waals surface area contributed by atoms with Gasteiger partial charge in [0, 0.05) is 14.6 Å². The van der Waals surface area contributed by atoms with Crippen LogP contribution >= 0.6 is 45.3 Å². The van der Waals surface area contributed by atoms with E-state index in [1.54, 1.807) is 45.3 Å². The Morgan fingerprint density at radius 1 is 0.750 bits per heavy atom. The van der Waals surface area contributed by atoms with Gasteiger partial charge in [0.15, 0.2) is 0 Å². The van der Waals surface area contributed by atoms with Gasteiger partial charge >= 0.3 is 0 Å². The second kappa shape index (κ2) is 5.16. The zero-order valence-electron chi connectivity index (χ0n) is 12.7. The van der Waals surface area contributed by atoms with Crippen LogP contribution in [0.2, 0.25) is 0 Å². The summed E-state index contributed by atoms with van der Waals surface area (Å²) in [4.78, 5) is 28.4. The third-order valence-electron chi connectivity index (χ3n) is 3.80. The summed E-state index contributed by atoms with van der Waals surface area (Å²) in [6.07, 6.45) is 0. The van der Waals surface area contributed by atoms with Crippen LogP contribution in [0, 0.1) is 13.8 Å². The molecule has 0 radical (unpaired) electrons. The molecule has 5 rings (SSSR count). The Hall–Kier alpha value is -1.67. The van der Waals surface area contributed by atoms with Gasteiger partial charge in [0.2, 0.25) is 5.78 Å². The minimum absolute atomic E-state index is 0.0301. The highest BCUT2D eigenvalue weighted by Crippen LogP contribution is 2.47.